The van der Waals surface area contributed by atoms with E-state index in [0.29, 0.717) is 12.3 Å². The molecule has 0 radical (unpaired) electrons. The SMILES string of the molecule is CC(C)[C@@H](N)C(=O)N1CCSCC1CC(=O)O. The van der Waals surface area contributed by atoms with Gasteiger partial charge in [-0.25, -0.2) is 0 Å². The van der Waals surface area contributed by atoms with Gasteiger partial charge in [-0.15, -0.1) is 0 Å². The van der Waals surface area contributed by atoms with Crippen molar-refractivity contribution in [1.29, 1.82) is 0 Å². The highest BCUT2D eigenvalue weighted by Crippen LogP contribution is 2.20. The van der Waals surface area contributed by atoms with Gasteiger partial charge in [0.2, 0.25) is 5.91 Å². The Labute approximate surface area is 106 Å². The van der Waals surface area contributed by atoms with Crippen LogP contribution in [0.1, 0.15) is 20.3 Å². The van der Waals surface area contributed by atoms with Crippen LogP contribution in [0.2, 0.25) is 0 Å². The predicted molar refractivity (Wildman–Crippen MR) is 67.9 cm³/mol. The smallest absolute Gasteiger partial charge is 0.305 e. The Morgan fingerprint density at radius 2 is 2.18 bits per heavy atom. The Bertz CT molecular complexity index is 296. The fraction of sp³-hybridized carbons (Fsp3) is 0.818. The van der Waals surface area contributed by atoms with Gasteiger partial charge in [-0.05, 0) is 5.92 Å². The lowest BCUT2D eigenvalue weighted by atomic mass is 10.0. The largest absolute Gasteiger partial charge is 0.481 e. The summed E-state index contributed by atoms with van der Waals surface area (Å²) >= 11 is 1.69. The average molecular weight is 260 g/mol. The second kappa shape index (κ2) is 6.26. The zero-order chi connectivity index (χ0) is 13.0. The highest BCUT2D eigenvalue weighted by molar-refractivity contribution is 7.99. The van der Waals surface area contributed by atoms with Crippen molar-refractivity contribution in [3.8, 4) is 0 Å². The van der Waals surface area contributed by atoms with Crippen molar-refractivity contribution in [3.05, 3.63) is 0 Å². The molecule has 1 fully saturated rings. The Morgan fingerprint density at radius 1 is 1.53 bits per heavy atom. The molecule has 1 rings (SSSR count). The van der Waals surface area contributed by atoms with Crippen LogP contribution in [0.15, 0.2) is 0 Å². The molecule has 3 N–H and O–H groups in total. The molecule has 2 atom stereocenters. The maximum atomic E-state index is 12.1. The number of hydrogen-bond donors (Lipinski definition) is 2. The lowest BCUT2D eigenvalue weighted by Gasteiger charge is -2.36. The molecular weight excluding hydrogens is 240 g/mol. The average Bonchev–Trinajstić information content (AvgIpc) is 2.27. The molecular formula is C11H20N2O3S. The zero-order valence-corrected chi connectivity index (χ0v) is 11.1. The minimum Gasteiger partial charge on any atom is -0.481 e. The van der Waals surface area contributed by atoms with Gasteiger partial charge in [-0.1, -0.05) is 13.8 Å². The van der Waals surface area contributed by atoms with Gasteiger partial charge in [0, 0.05) is 18.1 Å². The summed E-state index contributed by atoms with van der Waals surface area (Å²) in [7, 11) is 0. The fourth-order valence-corrected chi connectivity index (χ4v) is 2.85. The molecule has 0 aliphatic carbocycles. The Balaban J connectivity index is 2.70. The molecule has 0 aromatic carbocycles. The molecule has 1 saturated heterocycles. The lowest BCUT2D eigenvalue weighted by molar-refractivity contribution is -0.141. The van der Waals surface area contributed by atoms with Crippen molar-refractivity contribution in [2.24, 2.45) is 11.7 Å². The second-order valence-electron chi connectivity index (χ2n) is 4.63. The van der Waals surface area contributed by atoms with Gasteiger partial charge in [0.25, 0.3) is 0 Å². The van der Waals surface area contributed by atoms with Crippen molar-refractivity contribution >= 4 is 23.6 Å². The highest BCUT2D eigenvalue weighted by atomic mass is 32.2. The summed E-state index contributed by atoms with van der Waals surface area (Å²) in [6, 6.07) is -0.752. The van der Waals surface area contributed by atoms with E-state index < -0.39 is 12.0 Å². The van der Waals surface area contributed by atoms with Crippen molar-refractivity contribution < 1.29 is 14.7 Å². The minimum absolute atomic E-state index is 0.00353. The van der Waals surface area contributed by atoms with Crippen LogP contribution in [-0.2, 0) is 9.59 Å². The third kappa shape index (κ3) is 3.89. The Hall–Kier alpha value is -0.750. The van der Waals surface area contributed by atoms with Gasteiger partial charge >= 0.3 is 5.97 Å². The van der Waals surface area contributed by atoms with E-state index >= 15 is 0 Å². The summed E-state index contributed by atoms with van der Waals surface area (Å²) in [5, 5.41) is 8.83. The minimum atomic E-state index is -0.867. The van der Waals surface area contributed by atoms with E-state index in [2.05, 4.69) is 0 Å². The molecule has 1 amide bonds. The Morgan fingerprint density at radius 3 is 2.71 bits per heavy atom. The van der Waals surface area contributed by atoms with Crippen LogP contribution in [0.3, 0.4) is 0 Å². The van der Waals surface area contributed by atoms with Crippen molar-refractivity contribution in [1.82, 2.24) is 4.90 Å². The second-order valence-corrected chi connectivity index (χ2v) is 5.78. The molecule has 6 heteroatoms. The molecule has 0 bridgehead atoms. The first-order valence-corrected chi connectivity index (χ1v) is 6.94. The molecule has 0 aromatic heterocycles. The number of rotatable bonds is 4. The van der Waals surface area contributed by atoms with E-state index in [1.165, 1.54) is 0 Å². The fourth-order valence-electron chi connectivity index (χ4n) is 1.79. The summed E-state index contributed by atoms with van der Waals surface area (Å²) < 4.78 is 0. The van der Waals surface area contributed by atoms with Crippen LogP contribution in [0.4, 0.5) is 0 Å². The summed E-state index contributed by atoms with van der Waals surface area (Å²) in [6.45, 7) is 4.39. The van der Waals surface area contributed by atoms with Crippen LogP contribution < -0.4 is 5.73 Å². The Kier molecular flexibility index (Phi) is 5.27. The molecule has 0 aromatic rings. The number of carboxylic acids is 1. The predicted octanol–water partition coefficient (Wildman–Crippen LogP) is 0.388. The number of hydrogen-bond acceptors (Lipinski definition) is 4. The van der Waals surface area contributed by atoms with E-state index in [1.807, 2.05) is 13.8 Å². The highest BCUT2D eigenvalue weighted by Gasteiger charge is 2.32. The van der Waals surface area contributed by atoms with E-state index in [-0.39, 0.29) is 24.3 Å². The maximum Gasteiger partial charge on any atom is 0.305 e. The molecule has 1 aliphatic heterocycles. The summed E-state index contributed by atoms with van der Waals surface area (Å²) in [5.41, 5.74) is 5.84. The van der Waals surface area contributed by atoms with Gasteiger partial charge in [0.1, 0.15) is 0 Å². The number of aliphatic carboxylic acids is 1. The first-order chi connectivity index (χ1) is 7.93. The summed E-state index contributed by atoms with van der Waals surface area (Å²) in [5.74, 6) is 0.623. The maximum absolute atomic E-state index is 12.1. The number of carbonyl (C=O) groups is 2. The lowest BCUT2D eigenvalue weighted by Crippen LogP contribution is -2.54. The normalized spacial score (nSPS) is 22.6. The van der Waals surface area contributed by atoms with Gasteiger partial charge in [0.05, 0.1) is 18.5 Å². The molecule has 1 heterocycles. The molecule has 1 aliphatic rings. The van der Waals surface area contributed by atoms with Crippen molar-refractivity contribution in [2.75, 3.05) is 18.1 Å². The third-order valence-corrected chi connectivity index (χ3v) is 4.02. The molecule has 17 heavy (non-hydrogen) atoms. The molecule has 1 unspecified atom stereocenters. The zero-order valence-electron chi connectivity index (χ0n) is 10.3. The number of carbonyl (C=O) groups excluding carboxylic acids is 1. The topological polar surface area (TPSA) is 83.6 Å². The van der Waals surface area contributed by atoms with E-state index in [0.717, 1.165) is 5.75 Å². The van der Waals surface area contributed by atoms with Crippen LogP contribution in [0.25, 0.3) is 0 Å². The van der Waals surface area contributed by atoms with Gasteiger partial charge in [-0.2, -0.15) is 11.8 Å². The van der Waals surface area contributed by atoms with Gasteiger partial charge in [-0.3, -0.25) is 9.59 Å². The van der Waals surface area contributed by atoms with E-state index in [1.54, 1.807) is 16.7 Å². The van der Waals surface area contributed by atoms with Crippen LogP contribution in [0, 0.1) is 5.92 Å². The molecule has 0 saturated carbocycles. The molecule has 98 valence electrons. The monoisotopic (exact) mass is 260 g/mol. The number of thioether (sulfide) groups is 1. The number of carboxylic acid groups (broad SMARTS) is 1. The van der Waals surface area contributed by atoms with Gasteiger partial charge < -0.3 is 15.7 Å². The van der Waals surface area contributed by atoms with Crippen molar-refractivity contribution in [2.45, 2.75) is 32.4 Å². The standard InChI is InChI=1S/C11H20N2O3S/c1-7(2)10(12)11(16)13-3-4-17-6-8(13)5-9(14)15/h7-8,10H,3-6,12H2,1-2H3,(H,14,15)/t8?,10-/m1/s1. The van der Waals surface area contributed by atoms with E-state index in [9.17, 15) is 9.59 Å². The van der Waals surface area contributed by atoms with E-state index in [4.69, 9.17) is 10.8 Å². The number of amides is 1. The van der Waals surface area contributed by atoms with Crippen molar-refractivity contribution in [3.63, 3.8) is 0 Å². The number of nitrogens with two attached hydrogens (primary N) is 1. The molecule has 5 nitrogen and oxygen atoms in total. The number of nitrogens with zero attached hydrogens (tertiary/aromatic N) is 1. The van der Waals surface area contributed by atoms with Crippen LogP contribution in [-0.4, -0.2) is 52.0 Å². The first-order valence-electron chi connectivity index (χ1n) is 5.79. The first kappa shape index (κ1) is 14.3. The van der Waals surface area contributed by atoms with Crippen LogP contribution >= 0.6 is 11.8 Å². The summed E-state index contributed by atoms with van der Waals surface area (Å²) in [4.78, 5) is 24.5. The van der Waals surface area contributed by atoms with Gasteiger partial charge in [0.15, 0.2) is 0 Å². The molecule has 0 spiro atoms. The van der Waals surface area contributed by atoms with Crippen LogP contribution in [0.5, 0.6) is 0 Å². The quantitative estimate of drug-likeness (QED) is 0.764. The third-order valence-electron chi connectivity index (χ3n) is 2.92. The summed E-state index contributed by atoms with van der Waals surface area (Å²) in [6.07, 6.45) is 0.00353.